The fraction of sp³-hybridized carbons (Fsp3) is 0.241. The molecule has 0 bridgehead atoms. The van der Waals surface area contributed by atoms with Gasteiger partial charge in [0.2, 0.25) is 0 Å². The van der Waals surface area contributed by atoms with Crippen LogP contribution in [0, 0.1) is 0 Å². The van der Waals surface area contributed by atoms with E-state index >= 15 is 0 Å². The molecule has 8 amide bonds. The Morgan fingerprint density at radius 3 is 1.18 bits per heavy atom. The number of carbonyl (C=O) groups excluding carboxylic acids is 6. The molecular weight excluding hydrogens is 514 g/mol. The number of hydrogen-bond donors (Lipinski definition) is 0. The molecule has 5 rings (SSSR count). The van der Waals surface area contributed by atoms with Crippen molar-refractivity contribution in [2.75, 3.05) is 28.2 Å². The topological polar surface area (TPSA) is 120 Å². The maximum Gasteiger partial charge on any atom is 0.333 e. The van der Waals surface area contributed by atoms with Gasteiger partial charge in [0.05, 0.1) is 0 Å². The lowest BCUT2D eigenvalue weighted by Gasteiger charge is -2.28. The van der Waals surface area contributed by atoms with Crippen molar-refractivity contribution in [3.8, 4) is 0 Å². The summed E-state index contributed by atoms with van der Waals surface area (Å²) in [5.74, 6) is -2.67. The average molecular weight is 542 g/mol. The maximum atomic E-state index is 12.7. The number of benzene rings is 2. The van der Waals surface area contributed by atoms with Gasteiger partial charge in [-0.25, -0.2) is 9.59 Å². The van der Waals surface area contributed by atoms with E-state index in [1.54, 1.807) is 12.1 Å². The first-order chi connectivity index (χ1) is 18.8. The van der Waals surface area contributed by atoms with Gasteiger partial charge in [-0.15, -0.1) is 0 Å². The number of urea groups is 2. The minimum Gasteiger partial charge on any atom is -0.338 e. The summed E-state index contributed by atoms with van der Waals surface area (Å²) in [4.78, 5) is 78.5. The highest BCUT2D eigenvalue weighted by molar-refractivity contribution is 6.31. The minimum absolute atomic E-state index is 0.00599. The highest BCUT2D eigenvalue weighted by Crippen LogP contribution is 2.34. The molecule has 0 aliphatic carbocycles. The van der Waals surface area contributed by atoms with Crippen LogP contribution in [0.4, 0.5) is 9.59 Å². The lowest BCUT2D eigenvalue weighted by molar-refractivity contribution is -0.135. The fourth-order valence-corrected chi connectivity index (χ4v) is 5.10. The number of rotatable bonds is 3. The van der Waals surface area contributed by atoms with Crippen LogP contribution in [-0.4, -0.2) is 88.0 Å². The molecule has 11 heteroatoms. The highest BCUT2D eigenvalue weighted by Gasteiger charge is 2.39. The fourth-order valence-electron chi connectivity index (χ4n) is 5.10. The molecule has 1 aromatic heterocycles. The Bertz CT molecular complexity index is 1590. The number of barbiturate groups is 2. The Morgan fingerprint density at radius 2 is 0.875 bits per heavy atom. The summed E-state index contributed by atoms with van der Waals surface area (Å²) in [6, 6.07) is 9.80. The number of amides is 8. The third kappa shape index (κ3) is 3.89. The smallest absolute Gasteiger partial charge is 0.333 e. The lowest BCUT2D eigenvalue weighted by atomic mass is 10.0. The molecule has 0 atom stereocenters. The molecular formula is C29H27N5O6. The first kappa shape index (κ1) is 26.5. The second kappa shape index (κ2) is 9.30. The third-order valence-electron chi connectivity index (χ3n) is 7.28. The van der Waals surface area contributed by atoms with Crippen molar-refractivity contribution in [2.24, 2.45) is 0 Å². The molecule has 3 heterocycles. The Morgan fingerprint density at radius 1 is 0.550 bits per heavy atom. The molecule has 40 heavy (non-hydrogen) atoms. The van der Waals surface area contributed by atoms with Crippen LogP contribution in [0.25, 0.3) is 34.0 Å². The Labute approximate surface area is 229 Å². The van der Waals surface area contributed by atoms with Gasteiger partial charge in [-0.1, -0.05) is 24.3 Å². The second-order valence-corrected chi connectivity index (χ2v) is 10.2. The molecule has 2 aliphatic rings. The number of likely N-dealkylation sites (N-methyl/N-ethyl adjacent to an activating group) is 4. The molecule has 2 aromatic carbocycles. The second-order valence-electron chi connectivity index (χ2n) is 10.2. The summed E-state index contributed by atoms with van der Waals surface area (Å²) in [5, 5.41) is 1.87. The molecule has 0 saturated carbocycles. The van der Waals surface area contributed by atoms with Gasteiger partial charge in [-0.2, -0.15) is 0 Å². The van der Waals surface area contributed by atoms with Crippen molar-refractivity contribution < 1.29 is 28.8 Å². The minimum atomic E-state index is -0.685. The quantitative estimate of drug-likeness (QED) is 0.371. The predicted octanol–water partition coefficient (Wildman–Crippen LogP) is 3.24. The molecule has 0 spiro atoms. The van der Waals surface area contributed by atoms with Crippen LogP contribution in [-0.2, 0) is 19.2 Å². The van der Waals surface area contributed by atoms with Gasteiger partial charge in [0.1, 0.15) is 11.1 Å². The van der Waals surface area contributed by atoms with E-state index in [2.05, 4.69) is 4.57 Å². The largest absolute Gasteiger partial charge is 0.338 e. The van der Waals surface area contributed by atoms with Crippen LogP contribution in [0.1, 0.15) is 31.0 Å². The van der Waals surface area contributed by atoms with Gasteiger partial charge < -0.3 is 4.57 Å². The molecule has 204 valence electrons. The number of fused-ring (bicyclic) bond motifs is 3. The lowest BCUT2D eigenvalue weighted by Crippen LogP contribution is -2.52. The van der Waals surface area contributed by atoms with Gasteiger partial charge in [0, 0.05) is 56.0 Å². The van der Waals surface area contributed by atoms with Gasteiger partial charge in [0.15, 0.2) is 0 Å². The van der Waals surface area contributed by atoms with Gasteiger partial charge in [-0.05, 0) is 49.3 Å². The standard InChI is InChI=1S/C29H27N5O6/c1-15(2)34-22-13-16(11-20-24(35)30(3)28(39)31(4)25(20)36)7-9-18(22)19-10-8-17(14-23(19)34)12-21-26(37)32(5)29(40)33(6)27(21)38/h7-15H,1-6H3. The molecule has 0 N–H and O–H groups in total. The summed E-state index contributed by atoms with van der Waals surface area (Å²) >= 11 is 0. The van der Waals surface area contributed by atoms with Crippen molar-refractivity contribution in [1.29, 1.82) is 0 Å². The van der Waals surface area contributed by atoms with E-state index in [4.69, 9.17) is 0 Å². The van der Waals surface area contributed by atoms with Crippen LogP contribution < -0.4 is 0 Å². The van der Waals surface area contributed by atoms with Crippen LogP contribution >= 0.6 is 0 Å². The molecule has 0 radical (unpaired) electrons. The Hall–Kier alpha value is -5.06. The Kier molecular flexibility index (Phi) is 6.17. The van der Waals surface area contributed by atoms with Gasteiger partial charge in [-0.3, -0.25) is 38.8 Å². The third-order valence-corrected chi connectivity index (χ3v) is 7.28. The van der Waals surface area contributed by atoms with Crippen molar-refractivity contribution in [1.82, 2.24) is 24.2 Å². The zero-order valence-electron chi connectivity index (χ0n) is 22.9. The molecule has 3 aromatic rings. The van der Waals surface area contributed by atoms with Crippen LogP contribution in [0.3, 0.4) is 0 Å². The van der Waals surface area contributed by atoms with Crippen LogP contribution in [0.2, 0.25) is 0 Å². The first-order valence-electron chi connectivity index (χ1n) is 12.5. The predicted molar refractivity (Wildman–Crippen MR) is 148 cm³/mol. The van der Waals surface area contributed by atoms with Crippen LogP contribution in [0.15, 0.2) is 47.5 Å². The summed E-state index contributed by atoms with van der Waals surface area (Å²) in [5.41, 5.74) is 2.71. The number of imide groups is 4. The number of nitrogens with zero attached hydrogens (tertiary/aromatic N) is 5. The van der Waals surface area contributed by atoms with Gasteiger partial charge in [0.25, 0.3) is 23.6 Å². The van der Waals surface area contributed by atoms with E-state index in [0.29, 0.717) is 11.1 Å². The van der Waals surface area contributed by atoms with E-state index in [9.17, 15) is 28.8 Å². The van der Waals surface area contributed by atoms with E-state index in [1.807, 2.05) is 38.1 Å². The van der Waals surface area contributed by atoms with E-state index in [0.717, 1.165) is 41.4 Å². The number of hydrogen-bond acceptors (Lipinski definition) is 6. The molecule has 2 fully saturated rings. The zero-order chi connectivity index (χ0) is 29.2. The van der Waals surface area contributed by atoms with E-state index < -0.39 is 35.7 Å². The maximum absolute atomic E-state index is 12.7. The SMILES string of the molecule is CC(C)n1c2cc(C=C3C(=O)N(C)C(=O)N(C)C3=O)ccc2c2ccc(C=C3C(=O)N(C)C(=O)N(C)C3=O)cc21. The van der Waals surface area contributed by atoms with Crippen molar-refractivity contribution in [2.45, 2.75) is 19.9 Å². The summed E-state index contributed by atoms with van der Waals surface area (Å²) in [6.07, 6.45) is 2.96. The van der Waals surface area contributed by atoms with Crippen molar-refractivity contribution >= 4 is 69.6 Å². The van der Waals surface area contributed by atoms with Crippen molar-refractivity contribution in [3.63, 3.8) is 0 Å². The molecule has 11 nitrogen and oxygen atoms in total. The van der Waals surface area contributed by atoms with Gasteiger partial charge >= 0.3 is 12.1 Å². The monoisotopic (exact) mass is 541 g/mol. The average Bonchev–Trinajstić information content (AvgIpc) is 3.26. The highest BCUT2D eigenvalue weighted by atomic mass is 16.2. The van der Waals surface area contributed by atoms with Crippen molar-refractivity contribution in [3.05, 3.63) is 58.7 Å². The molecule has 2 aliphatic heterocycles. The number of aromatic nitrogens is 1. The summed E-state index contributed by atoms with van der Waals surface area (Å²) in [7, 11) is 5.32. The molecule has 2 saturated heterocycles. The first-order valence-corrected chi connectivity index (χ1v) is 12.5. The Balaban J connectivity index is 1.64. The summed E-state index contributed by atoms with van der Waals surface area (Å²) < 4.78 is 2.09. The normalized spacial score (nSPS) is 17.0. The van der Waals surface area contributed by atoms with E-state index in [1.165, 1.54) is 40.3 Å². The van der Waals surface area contributed by atoms with Crippen LogP contribution in [0.5, 0.6) is 0 Å². The number of carbonyl (C=O) groups is 6. The molecule has 0 unspecified atom stereocenters. The zero-order valence-corrected chi connectivity index (χ0v) is 22.9. The summed E-state index contributed by atoms with van der Waals surface area (Å²) in [6.45, 7) is 4.03. The van der Waals surface area contributed by atoms with E-state index in [-0.39, 0.29) is 17.2 Å².